The van der Waals surface area contributed by atoms with E-state index in [9.17, 15) is 8.22 Å². The second-order valence-corrected chi connectivity index (χ2v) is 47.3. The van der Waals surface area contributed by atoms with Crippen LogP contribution in [-0.4, -0.2) is 22.4 Å². The number of benzene rings is 16. The lowest BCUT2D eigenvalue weighted by atomic mass is 9.33. The van der Waals surface area contributed by atoms with E-state index in [0.717, 1.165) is 100 Å². The molecule has 22 rings (SSSR count). The summed E-state index contributed by atoms with van der Waals surface area (Å²) in [5, 5.41) is 2.50. The minimum Gasteiger partial charge on any atom is -0.342 e. The number of anilines is 4. The number of rotatable bonds is 16. The summed E-state index contributed by atoms with van der Waals surface area (Å²) in [7, 11) is 0. The highest BCUT2D eigenvalue weighted by atomic mass is 15.2. The first-order valence-electron chi connectivity index (χ1n) is 54.3. The maximum absolute atomic E-state index is 9.78. The van der Waals surface area contributed by atoms with Crippen LogP contribution in [0.15, 0.2) is 327 Å². The molecule has 4 nitrogen and oxygen atoms in total. The van der Waals surface area contributed by atoms with Crippen molar-refractivity contribution >= 4 is 89.5 Å². The van der Waals surface area contributed by atoms with Crippen molar-refractivity contribution in [3.63, 3.8) is 0 Å². The summed E-state index contributed by atoms with van der Waals surface area (Å²) in [4.78, 5) is 5.34. The van der Waals surface area contributed by atoms with Gasteiger partial charge in [-0.15, -0.1) is 0 Å². The SMILES string of the molecule is [2H]c1c([2H])c([2H])c2c(c1[2H])c1c([2H])c([2H])c([2H])c([2H])c1n2Cc1ccc2c(c1)N(Cc1cc(-c3cc(-c4ccc(C(C)(C)C)cc4)cc(C(C)(C)C)c3)ccc1C(C)(C)C)c1cc(C(C)(C)C)cc3c1B2c1ccc(-n2c4ccccc4c4cc5c(cc42)C2(c4ccccc4-c4ccccc42)c2ccccc2-5)cc1N3CCCCCCc1c(-c2ccc(C(C)(C)C)cc2)cc(C(C)(C)C)cc1-c1ccc(C(C)(C)C)cc1. The smallest absolute Gasteiger partial charge is 0.252 e. The molecule has 0 N–H and O–H groups in total. The van der Waals surface area contributed by atoms with Crippen molar-refractivity contribution in [2.24, 2.45) is 0 Å². The quantitative estimate of drug-likeness (QED) is 0.0708. The van der Waals surface area contributed by atoms with Crippen LogP contribution in [0.25, 0.3) is 116 Å². The molecule has 4 heterocycles. The van der Waals surface area contributed by atoms with E-state index in [1.54, 1.807) is 4.57 Å². The van der Waals surface area contributed by atoms with Crippen LogP contribution < -0.4 is 26.2 Å². The van der Waals surface area contributed by atoms with E-state index in [1.807, 2.05) is 0 Å². The predicted octanol–water partition coefficient (Wildman–Crippen LogP) is 33.5. The average molecular weight is 1810 g/mol. The van der Waals surface area contributed by atoms with Crippen LogP contribution in [0, 0.1) is 0 Å². The zero-order valence-electron chi connectivity index (χ0n) is 92.6. The van der Waals surface area contributed by atoms with Crippen LogP contribution in [-0.2, 0) is 62.8 Å². The first-order chi connectivity index (χ1) is 69.2. The first-order valence-corrected chi connectivity index (χ1v) is 50.3. The Labute approximate surface area is 832 Å². The van der Waals surface area contributed by atoms with Crippen molar-refractivity contribution in [2.45, 2.75) is 234 Å². The van der Waals surface area contributed by atoms with Crippen LogP contribution in [0.4, 0.5) is 22.7 Å². The summed E-state index contributed by atoms with van der Waals surface area (Å²) in [6.07, 6.45) is 4.78. The van der Waals surface area contributed by atoms with Crippen LogP contribution in [0.3, 0.4) is 0 Å². The van der Waals surface area contributed by atoms with Crippen molar-refractivity contribution in [2.75, 3.05) is 16.3 Å². The van der Waals surface area contributed by atoms with Gasteiger partial charge >= 0.3 is 0 Å². The Morgan fingerprint density at radius 1 is 0.290 bits per heavy atom. The van der Waals surface area contributed by atoms with Gasteiger partial charge in [-0.25, -0.2) is 0 Å². The van der Waals surface area contributed by atoms with Crippen LogP contribution in [0.2, 0.25) is 0 Å². The van der Waals surface area contributed by atoms with Gasteiger partial charge in [-0.2, -0.15) is 0 Å². The molecule has 2 aliphatic carbocycles. The van der Waals surface area contributed by atoms with Gasteiger partial charge in [-0.1, -0.05) is 413 Å². The van der Waals surface area contributed by atoms with Gasteiger partial charge in [0.15, 0.2) is 0 Å². The van der Waals surface area contributed by atoms with E-state index >= 15 is 0 Å². The Morgan fingerprint density at radius 2 is 0.754 bits per heavy atom. The molecular weight excluding hydrogens is 1660 g/mol. The second kappa shape index (κ2) is 33.0. The van der Waals surface area contributed by atoms with Gasteiger partial charge in [-0.05, 0) is 291 Å². The lowest BCUT2D eigenvalue weighted by Gasteiger charge is -2.45. The highest BCUT2D eigenvalue weighted by Gasteiger charge is 2.53. The Morgan fingerprint density at radius 3 is 1.30 bits per heavy atom. The second-order valence-electron chi connectivity index (χ2n) is 47.3. The standard InChI is InChI=1S/C133H133BN4/c1-126(2,3)92-59-52-85(53-60-92)89-72-90(74-95(73-89)129(10,11)12)88-58-66-110(132(19,20)21)91(71-88)83-137-121-70-84(82-136-117-48-34-28-42-103(117)104-43-29-35-49-118(104)136)51-67-115(121)134-116-68-65-98(138-119-50-36-30-44-105(119)109-80-108-102-41-27-33-47-113(102)133(114(108)81-120(109)138)111-45-31-25-39-100(111)101-40-26-32-46-112(101)133)79-122(116)135(123-77-97(131(16,17)18)78-124(137)125(123)134)69-37-23-22-24-38-99-106(86-54-61-93(62-55-86)127(4,5)6)75-96(130(13,14)15)76-107(99)87-56-63-94(64-57-87)128(7,8)9/h25-36,39-68,70-81H,22-24,37-38,69,82-83H2,1-21H3/i28D,29D,34D,35D,42D,43D,48D,49D. The van der Waals surface area contributed by atoms with Gasteiger partial charge in [0.1, 0.15) is 0 Å². The summed E-state index contributed by atoms with van der Waals surface area (Å²) < 4.78 is 79.6. The number of aromatic nitrogens is 2. The van der Waals surface area contributed by atoms with E-state index in [1.165, 1.54) is 150 Å². The Kier molecular flexibility index (Phi) is 19.3. The van der Waals surface area contributed by atoms with Gasteiger partial charge < -0.3 is 18.9 Å². The van der Waals surface area contributed by atoms with Crippen molar-refractivity contribution in [1.82, 2.24) is 9.13 Å². The summed E-state index contributed by atoms with van der Waals surface area (Å²) in [5.41, 5.74) is 42.0. The van der Waals surface area contributed by atoms with Gasteiger partial charge in [0.25, 0.3) is 6.71 Å². The van der Waals surface area contributed by atoms with Crippen molar-refractivity contribution in [3.8, 4) is 72.4 Å². The number of para-hydroxylation sites is 3. The normalized spacial score (nSPS) is 14.7. The minimum atomic E-state index is -0.586. The van der Waals surface area contributed by atoms with Crippen molar-refractivity contribution in [3.05, 3.63) is 405 Å². The Bertz CT molecular complexity index is 8230. The van der Waals surface area contributed by atoms with E-state index < -0.39 is 29.6 Å². The molecule has 4 aliphatic rings. The van der Waals surface area contributed by atoms with E-state index in [2.05, 4.69) is 439 Å². The molecule has 16 aromatic carbocycles. The molecule has 18 aromatic rings. The largest absolute Gasteiger partial charge is 0.342 e. The van der Waals surface area contributed by atoms with Gasteiger partial charge in [0.2, 0.25) is 0 Å². The molecule has 5 heteroatoms. The minimum absolute atomic E-state index is 0.000317. The third-order valence-corrected chi connectivity index (χ3v) is 31.0. The fourth-order valence-corrected chi connectivity index (χ4v) is 23.4. The molecule has 2 aromatic heterocycles. The maximum Gasteiger partial charge on any atom is 0.252 e. The third kappa shape index (κ3) is 15.3. The number of fused-ring (bicyclic) bond motifs is 20. The highest BCUT2D eigenvalue weighted by Crippen LogP contribution is 2.64. The molecule has 2 aliphatic heterocycles. The lowest BCUT2D eigenvalue weighted by molar-refractivity contribution is 0.582. The van der Waals surface area contributed by atoms with Crippen LogP contribution in [0.1, 0.15) is 260 Å². The third-order valence-electron chi connectivity index (χ3n) is 31.0. The molecule has 0 saturated carbocycles. The van der Waals surface area contributed by atoms with Crippen LogP contribution in [0.5, 0.6) is 0 Å². The molecule has 0 atom stereocenters. The maximum atomic E-state index is 9.78. The highest BCUT2D eigenvalue weighted by molar-refractivity contribution is 7.00. The number of nitrogens with zero attached hydrogens (tertiary/aromatic N) is 4. The molecule has 688 valence electrons. The van der Waals surface area contributed by atoms with Gasteiger partial charge in [0.05, 0.1) is 27.4 Å². The molecular formula is C133H133BN4. The lowest BCUT2D eigenvalue weighted by Crippen LogP contribution is -2.62. The zero-order chi connectivity index (χ0) is 103. The molecule has 0 radical (unpaired) electrons. The molecule has 0 unspecified atom stereocenters. The zero-order valence-corrected chi connectivity index (χ0v) is 84.6. The summed E-state index contributed by atoms with van der Waals surface area (Å²) in [5.74, 6) is 0. The topological polar surface area (TPSA) is 16.3 Å². The molecule has 0 amide bonds. The van der Waals surface area contributed by atoms with E-state index in [0.29, 0.717) is 6.54 Å². The monoisotopic (exact) mass is 1810 g/mol. The van der Waals surface area contributed by atoms with Crippen LogP contribution >= 0.6 is 0 Å². The predicted molar refractivity (Wildman–Crippen MR) is 594 cm³/mol. The number of hydrogen-bond acceptors (Lipinski definition) is 2. The fourth-order valence-electron chi connectivity index (χ4n) is 23.4. The average Bonchev–Trinajstić information content (AvgIpc) is 1.50. The number of unbranched alkanes of at least 4 members (excludes halogenated alkanes) is 3. The van der Waals surface area contributed by atoms with Crippen molar-refractivity contribution in [1.29, 1.82) is 0 Å². The molecule has 1 spiro atoms. The Hall–Kier alpha value is -13.2. The summed E-state index contributed by atoms with van der Waals surface area (Å²) >= 11 is 0. The molecule has 0 fully saturated rings. The van der Waals surface area contributed by atoms with E-state index in [4.69, 9.17) is 2.74 Å². The van der Waals surface area contributed by atoms with Gasteiger partial charge in [-0.3, -0.25) is 0 Å². The first kappa shape index (κ1) is 80.8. The van der Waals surface area contributed by atoms with Crippen molar-refractivity contribution < 1.29 is 11.0 Å². The molecule has 0 saturated heterocycles. The van der Waals surface area contributed by atoms with E-state index in [-0.39, 0.29) is 97.1 Å². The van der Waals surface area contributed by atoms with Gasteiger partial charge in [0, 0.05) is 80.6 Å². The molecule has 138 heavy (non-hydrogen) atoms. The fraction of sp³-hybridized carbons (Fsp3) is 0.278. The number of hydrogen-bond donors (Lipinski definition) is 0. The summed E-state index contributed by atoms with van der Waals surface area (Å²) in [6.45, 7) is 49.5. The molecule has 0 bridgehead atoms. The summed E-state index contributed by atoms with van der Waals surface area (Å²) in [6, 6.07) is 105. The Balaban J connectivity index is 0.752.